The Hall–Kier alpha value is -1.71. The second-order valence-electron chi connectivity index (χ2n) is 3.31. The molecular weight excluding hydrogens is 197 g/mol. The van der Waals surface area contributed by atoms with Gasteiger partial charge in [-0.1, -0.05) is 6.07 Å². The molecule has 4 heteroatoms. The maximum atomic E-state index is 12.8. The summed E-state index contributed by atoms with van der Waals surface area (Å²) in [6.45, 7) is 1.34. The van der Waals surface area contributed by atoms with Crippen molar-refractivity contribution in [3.05, 3.63) is 30.1 Å². The van der Waals surface area contributed by atoms with E-state index in [1.54, 1.807) is 6.07 Å². The quantitative estimate of drug-likeness (QED) is 0.711. The van der Waals surface area contributed by atoms with Gasteiger partial charge in [0.1, 0.15) is 11.6 Å². The van der Waals surface area contributed by atoms with Crippen molar-refractivity contribution in [1.29, 1.82) is 0 Å². The minimum Gasteiger partial charge on any atom is -0.315 e. The van der Waals surface area contributed by atoms with E-state index in [2.05, 4.69) is 0 Å². The van der Waals surface area contributed by atoms with E-state index in [0.29, 0.717) is 5.69 Å². The molecule has 1 rings (SSSR count). The highest BCUT2D eigenvalue weighted by atomic mass is 19.1. The lowest BCUT2D eigenvalue weighted by atomic mass is 10.2. The third-order valence-electron chi connectivity index (χ3n) is 1.97. The van der Waals surface area contributed by atoms with E-state index in [-0.39, 0.29) is 18.1 Å². The third kappa shape index (κ3) is 3.16. The molecular formula is C11H12FNO2. The van der Waals surface area contributed by atoms with Crippen molar-refractivity contribution < 1.29 is 14.0 Å². The number of rotatable bonds is 3. The Morgan fingerprint density at radius 2 is 2.07 bits per heavy atom. The summed E-state index contributed by atoms with van der Waals surface area (Å²) < 4.78 is 12.8. The van der Waals surface area contributed by atoms with Crippen LogP contribution in [0, 0.1) is 5.82 Å². The summed E-state index contributed by atoms with van der Waals surface area (Å²) in [6, 6.07) is 5.67. The fourth-order valence-corrected chi connectivity index (χ4v) is 1.16. The van der Waals surface area contributed by atoms with Gasteiger partial charge in [0.25, 0.3) is 0 Å². The monoisotopic (exact) mass is 209 g/mol. The summed E-state index contributed by atoms with van der Waals surface area (Å²) in [5, 5.41) is 0. The fourth-order valence-electron chi connectivity index (χ4n) is 1.16. The van der Waals surface area contributed by atoms with E-state index >= 15 is 0 Å². The molecule has 80 valence electrons. The molecule has 0 aliphatic carbocycles. The third-order valence-corrected chi connectivity index (χ3v) is 1.97. The number of anilines is 1. The average Bonchev–Trinajstić information content (AvgIpc) is 2.15. The molecule has 0 aromatic heterocycles. The van der Waals surface area contributed by atoms with Crippen LogP contribution in [-0.4, -0.2) is 18.7 Å². The minimum absolute atomic E-state index is 0.160. The second kappa shape index (κ2) is 4.68. The zero-order chi connectivity index (χ0) is 11.4. The molecule has 0 saturated carbocycles. The summed E-state index contributed by atoms with van der Waals surface area (Å²) in [7, 11) is 1.51. The molecule has 0 heterocycles. The first-order valence-electron chi connectivity index (χ1n) is 4.52. The highest BCUT2D eigenvalue weighted by Gasteiger charge is 2.12. The zero-order valence-electron chi connectivity index (χ0n) is 8.66. The Labute approximate surface area is 87.5 Å². The van der Waals surface area contributed by atoms with Gasteiger partial charge in [-0.2, -0.15) is 0 Å². The van der Waals surface area contributed by atoms with Gasteiger partial charge in [-0.15, -0.1) is 0 Å². The number of carbonyl (C=O) groups excluding carboxylic acids is 2. The largest absolute Gasteiger partial charge is 0.315 e. The van der Waals surface area contributed by atoms with Crippen LogP contribution in [-0.2, 0) is 9.59 Å². The van der Waals surface area contributed by atoms with Crippen molar-refractivity contribution in [1.82, 2.24) is 0 Å². The number of amides is 1. The Morgan fingerprint density at radius 3 is 2.60 bits per heavy atom. The molecule has 0 atom stereocenters. The molecule has 0 bridgehead atoms. The molecule has 0 radical (unpaired) electrons. The Bertz CT molecular complexity index is 390. The fraction of sp³-hybridized carbons (Fsp3) is 0.273. The maximum Gasteiger partial charge on any atom is 0.234 e. The molecule has 0 fully saturated rings. The van der Waals surface area contributed by atoms with Crippen molar-refractivity contribution in [3.8, 4) is 0 Å². The highest BCUT2D eigenvalue weighted by Crippen LogP contribution is 2.14. The van der Waals surface area contributed by atoms with Gasteiger partial charge in [-0.25, -0.2) is 4.39 Å². The topological polar surface area (TPSA) is 37.4 Å². The van der Waals surface area contributed by atoms with Crippen LogP contribution in [0.25, 0.3) is 0 Å². The van der Waals surface area contributed by atoms with Crippen LogP contribution in [0.2, 0.25) is 0 Å². The van der Waals surface area contributed by atoms with Crippen LogP contribution < -0.4 is 4.90 Å². The van der Waals surface area contributed by atoms with Crippen LogP contribution in [0.15, 0.2) is 24.3 Å². The molecule has 0 spiro atoms. The van der Waals surface area contributed by atoms with Gasteiger partial charge in [-0.3, -0.25) is 9.59 Å². The van der Waals surface area contributed by atoms with Gasteiger partial charge >= 0.3 is 0 Å². The smallest absolute Gasteiger partial charge is 0.234 e. The normalized spacial score (nSPS) is 9.80. The molecule has 0 saturated heterocycles. The maximum absolute atomic E-state index is 12.8. The molecule has 15 heavy (non-hydrogen) atoms. The van der Waals surface area contributed by atoms with Crippen molar-refractivity contribution >= 4 is 17.4 Å². The van der Waals surface area contributed by atoms with Crippen LogP contribution >= 0.6 is 0 Å². The second-order valence-corrected chi connectivity index (χ2v) is 3.31. The molecule has 3 nitrogen and oxygen atoms in total. The summed E-state index contributed by atoms with van der Waals surface area (Å²) >= 11 is 0. The van der Waals surface area contributed by atoms with E-state index in [1.807, 2.05) is 0 Å². The van der Waals surface area contributed by atoms with Gasteiger partial charge in [0.15, 0.2) is 0 Å². The lowest BCUT2D eigenvalue weighted by Gasteiger charge is -2.16. The first-order chi connectivity index (χ1) is 7.00. The van der Waals surface area contributed by atoms with E-state index in [1.165, 1.54) is 37.1 Å². The van der Waals surface area contributed by atoms with Crippen molar-refractivity contribution in [2.75, 3.05) is 11.9 Å². The van der Waals surface area contributed by atoms with E-state index in [0.717, 1.165) is 0 Å². The lowest BCUT2D eigenvalue weighted by molar-refractivity contribution is -0.125. The number of carbonyl (C=O) groups is 2. The predicted octanol–water partition coefficient (Wildman–Crippen LogP) is 1.77. The van der Waals surface area contributed by atoms with E-state index in [4.69, 9.17) is 0 Å². The first kappa shape index (κ1) is 11.4. The van der Waals surface area contributed by atoms with Gasteiger partial charge in [-0.05, 0) is 25.1 Å². The SMILES string of the molecule is CC(=O)CC(=O)N(C)c1cccc(F)c1. The number of nitrogens with zero attached hydrogens (tertiary/aromatic N) is 1. The number of hydrogen-bond donors (Lipinski definition) is 0. The molecule has 1 aromatic carbocycles. The average molecular weight is 209 g/mol. The van der Waals surface area contributed by atoms with Crippen LogP contribution in [0.5, 0.6) is 0 Å². The molecule has 0 aliphatic rings. The highest BCUT2D eigenvalue weighted by molar-refractivity contribution is 6.04. The van der Waals surface area contributed by atoms with Crippen molar-refractivity contribution in [2.24, 2.45) is 0 Å². The van der Waals surface area contributed by atoms with Crippen molar-refractivity contribution in [3.63, 3.8) is 0 Å². The van der Waals surface area contributed by atoms with Gasteiger partial charge in [0.05, 0.1) is 6.42 Å². The number of halogens is 1. The number of Topliss-reactive ketones (excluding diaryl/α,β-unsaturated/α-hetero) is 1. The van der Waals surface area contributed by atoms with Gasteiger partial charge < -0.3 is 4.90 Å². The van der Waals surface area contributed by atoms with Gasteiger partial charge in [0, 0.05) is 12.7 Å². The lowest BCUT2D eigenvalue weighted by Crippen LogP contribution is -2.27. The Kier molecular flexibility index (Phi) is 3.55. The minimum atomic E-state index is -0.407. The summed E-state index contributed by atoms with van der Waals surface area (Å²) in [4.78, 5) is 23.5. The van der Waals surface area contributed by atoms with E-state index < -0.39 is 5.82 Å². The van der Waals surface area contributed by atoms with Crippen molar-refractivity contribution in [2.45, 2.75) is 13.3 Å². The molecule has 1 aromatic rings. The number of benzene rings is 1. The molecule has 0 aliphatic heterocycles. The predicted molar refractivity (Wildman–Crippen MR) is 55.1 cm³/mol. The van der Waals surface area contributed by atoms with E-state index in [9.17, 15) is 14.0 Å². The number of hydrogen-bond acceptors (Lipinski definition) is 2. The van der Waals surface area contributed by atoms with Crippen LogP contribution in [0.4, 0.5) is 10.1 Å². The van der Waals surface area contributed by atoms with Crippen LogP contribution in [0.3, 0.4) is 0 Å². The van der Waals surface area contributed by atoms with Gasteiger partial charge in [0.2, 0.25) is 5.91 Å². The molecule has 0 unspecified atom stereocenters. The summed E-state index contributed by atoms with van der Waals surface area (Å²) in [5.74, 6) is -0.952. The first-order valence-corrected chi connectivity index (χ1v) is 4.52. The Balaban J connectivity index is 2.80. The zero-order valence-corrected chi connectivity index (χ0v) is 8.66. The number of ketones is 1. The summed E-state index contributed by atoms with van der Waals surface area (Å²) in [5.41, 5.74) is 0.446. The molecule has 0 N–H and O–H groups in total. The standard InChI is InChI=1S/C11H12FNO2/c1-8(14)6-11(15)13(2)10-5-3-4-9(12)7-10/h3-5,7H,6H2,1-2H3. The molecule has 1 amide bonds. The van der Waals surface area contributed by atoms with Crippen LogP contribution in [0.1, 0.15) is 13.3 Å². The summed E-state index contributed by atoms with van der Waals surface area (Å²) in [6.07, 6.45) is -0.160. The Morgan fingerprint density at radius 1 is 1.40 bits per heavy atom.